The highest BCUT2D eigenvalue weighted by atomic mass is 32.2. The second kappa shape index (κ2) is 5.30. The minimum Gasteiger partial charge on any atom is -0.465 e. The van der Waals surface area contributed by atoms with E-state index in [0.29, 0.717) is 5.92 Å². The summed E-state index contributed by atoms with van der Waals surface area (Å²) in [6.45, 7) is 1.86. The SMILES string of the molecule is COC(=O)c1cccc(S(=O)(=O)NC(C)C2CC2)c1. The predicted molar refractivity (Wildman–Crippen MR) is 70.3 cm³/mol. The monoisotopic (exact) mass is 283 g/mol. The molecule has 1 atom stereocenters. The van der Waals surface area contributed by atoms with Crippen molar-refractivity contribution in [2.45, 2.75) is 30.7 Å². The van der Waals surface area contributed by atoms with Gasteiger partial charge in [-0.05, 0) is 43.9 Å². The van der Waals surface area contributed by atoms with Crippen LogP contribution in [0.5, 0.6) is 0 Å². The maximum Gasteiger partial charge on any atom is 0.337 e. The third kappa shape index (κ3) is 3.33. The molecule has 19 heavy (non-hydrogen) atoms. The van der Waals surface area contributed by atoms with Crippen molar-refractivity contribution in [3.63, 3.8) is 0 Å². The second-order valence-electron chi connectivity index (χ2n) is 4.77. The number of benzene rings is 1. The Balaban J connectivity index is 2.22. The molecule has 1 aromatic rings. The summed E-state index contributed by atoms with van der Waals surface area (Å²) in [5.74, 6) is -0.120. The number of nitrogens with one attached hydrogen (secondary N) is 1. The Labute approximate surface area is 113 Å². The van der Waals surface area contributed by atoms with Crippen LogP contribution >= 0.6 is 0 Å². The van der Waals surface area contributed by atoms with Gasteiger partial charge in [0.05, 0.1) is 17.6 Å². The first-order valence-electron chi connectivity index (χ1n) is 6.15. The van der Waals surface area contributed by atoms with Gasteiger partial charge >= 0.3 is 5.97 Å². The van der Waals surface area contributed by atoms with Gasteiger partial charge in [0.15, 0.2) is 0 Å². The summed E-state index contributed by atoms with van der Waals surface area (Å²) in [6, 6.07) is 5.77. The Morgan fingerprint density at radius 1 is 1.42 bits per heavy atom. The molecule has 1 fully saturated rings. The molecular formula is C13H17NO4S. The summed E-state index contributed by atoms with van der Waals surface area (Å²) >= 11 is 0. The Hall–Kier alpha value is -1.40. The van der Waals surface area contributed by atoms with Gasteiger partial charge in [-0.15, -0.1) is 0 Å². The highest BCUT2D eigenvalue weighted by Gasteiger charge is 2.31. The fourth-order valence-electron chi connectivity index (χ4n) is 1.91. The van der Waals surface area contributed by atoms with E-state index < -0.39 is 16.0 Å². The maximum atomic E-state index is 12.2. The third-order valence-electron chi connectivity index (χ3n) is 3.24. The van der Waals surface area contributed by atoms with Crippen molar-refractivity contribution < 1.29 is 17.9 Å². The average Bonchev–Trinajstić information content (AvgIpc) is 3.21. The van der Waals surface area contributed by atoms with Crippen LogP contribution in [0, 0.1) is 5.92 Å². The minimum atomic E-state index is -3.59. The first kappa shape index (κ1) is 14.0. The molecule has 0 bridgehead atoms. The van der Waals surface area contributed by atoms with Crippen molar-refractivity contribution in [3.8, 4) is 0 Å². The molecule has 0 heterocycles. The highest BCUT2D eigenvalue weighted by molar-refractivity contribution is 7.89. The zero-order valence-electron chi connectivity index (χ0n) is 10.9. The van der Waals surface area contributed by atoms with Crippen molar-refractivity contribution in [1.82, 2.24) is 4.72 Å². The largest absolute Gasteiger partial charge is 0.465 e. The molecule has 0 amide bonds. The smallest absolute Gasteiger partial charge is 0.337 e. The third-order valence-corrected chi connectivity index (χ3v) is 4.79. The number of esters is 1. The van der Waals surface area contributed by atoms with Crippen molar-refractivity contribution >= 4 is 16.0 Å². The lowest BCUT2D eigenvalue weighted by atomic mass is 10.2. The Bertz CT molecular complexity index is 578. The van der Waals surface area contributed by atoms with E-state index in [-0.39, 0.29) is 16.5 Å². The highest BCUT2D eigenvalue weighted by Crippen LogP contribution is 2.33. The Morgan fingerprint density at radius 2 is 2.11 bits per heavy atom. The lowest BCUT2D eigenvalue weighted by Gasteiger charge is -2.13. The molecule has 1 aliphatic rings. The van der Waals surface area contributed by atoms with Gasteiger partial charge in [-0.1, -0.05) is 6.07 Å². The molecule has 1 N–H and O–H groups in total. The van der Waals surface area contributed by atoms with Gasteiger partial charge in [0.1, 0.15) is 0 Å². The van der Waals surface area contributed by atoms with Gasteiger partial charge in [0.2, 0.25) is 10.0 Å². The summed E-state index contributed by atoms with van der Waals surface area (Å²) in [5, 5.41) is 0. The molecule has 104 valence electrons. The van der Waals surface area contributed by atoms with Gasteiger partial charge in [-0.3, -0.25) is 0 Å². The standard InChI is InChI=1S/C13H17NO4S/c1-9(10-6-7-10)14-19(16,17)12-5-3-4-11(8-12)13(15)18-2/h3-5,8-10,14H,6-7H2,1-2H3. The van der Waals surface area contributed by atoms with E-state index in [4.69, 9.17) is 0 Å². The predicted octanol–water partition coefficient (Wildman–Crippen LogP) is 1.55. The van der Waals surface area contributed by atoms with E-state index in [0.717, 1.165) is 12.8 Å². The van der Waals surface area contributed by atoms with Gasteiger partial charge < -0.3 is 4.74 Å². The molecule has 0 radical (unpaired) electrons. The van der Waals surface area contributed by atoms with Gasteiger partial charge in [0.25, 0.3) is 0 Å². The van der Waals surface area contributed by atoms with E-state index in [1.54, 1.807) is 0 Å². The summed E-state index contributed by atoms with van der Waals surface area (Å²) in [6.07, 6.45) is 2.12. The Morgan fingerprint density at radius 3 is 2.68 bits per heavy atom. The lowest BCUT2D eigenvalue weighted by molar-refractivity contribution is 0.0600. The molecule has 1 aliphatic carbocycles. The van der Waals surface area contributed by atoms with Crippen molar-refractivity contribution in [2.75, 3.05) is 7.11 Å². The number of carbonyl (C=O) groups excluding carboxylic acids is 1. The number of methoxy groups -OCH3 is 1. The van der Waals surface area contributed by atoms with Gasteiger partial charge in [0, 0.05) is 6.04 Å². The van der Waals surface area contributed by atoms with Crippen molar-refractivity contribution in [3.05, 3.63) is 29.8 Å². The van der Waals surface area contributed by atoms with Gasteiger partial charge in [-0.25, -0.2) is 17.9 Å². The van der Waals surface area contributed by atoms with Crippen LogP contribution in [-0.2, 0) is 14.8 Å². The number of hydrogen-bond acceptors (Lipinski definition) is 4. The van der Waals surface area contributed by atoms with Crippen LogP contribution in [0.4, 0.5) is 0 Å². The topological polar surface area (TPSA) is 72.5 Å². The molecular weight excluding hydrogens is 266 g/mol. The molecule has 5 nitrogen and oxygen atoms in total. The molecule has 6 heteroatoms. The van der Waals surface area contributed by atoms with Crippen LogP contribution in [0.15, 0.2) is 29.2 Å². The number of rotatable bonds is 5. The number of hydrogen-bond donors (Lipinski definition) is 1. The van der Waals surface area contributed by atoms with E-state index in [9.17, 15) is 13.2 Å². The first-order chi connectivity index (χ1) is 8.94. The van der Waals surface area contributed by atoms with E-state index in [2.05, 4.69) is 9.46 Å². The summed E-state index contributed by atoms with van der Waals surface area (Å²) in [4.78, 5) is 11.5. The van der Waals surface area contributed by atoms with E-state index in [1.807, 2.05) is 6.92 Å². The molecule has 1 unspecified atom stereocenters. The fraction of sp³-hybridized carbons (Fsp3) is 0.462. The number of sulfonamides is 1. The van der Waals surface area contributed by atoms with Gasteiger partial charge in [-0.2, -0.15) is 0 Å². The maximum absolute atomic E-state index is 12.2. The normalized spacial score (nSPS) is 16.9. The van der Waals surface area contributed by atoms with Crippen LogP contribution in [-0.4, -0.2) is 27.5 Å². The first-order valence-corrected chi connectivity index (χ1v) is 7.63. The number of ether oxygens (including phenoxy) is 1. The average molecular weight is 283 g/mol. The van der Waals surface area contributed by atoms with E-state index in [1.165, 1.54) is 31.4 Å². The van der Waals surface area contributed by atoms with E-state index >= 15 is 0 Å². The summed E-state index contributed by atoms with van der Waals surface area (Å²) < 4.78 is 31.6. The second-order valence-corrected chi connectivity index (χ2v) is 6.48. The van der Waals surface area contributed by atoms with Crippen LogP contribution in [0.25, 0.3) is 0 Å². The zero-order chi connectivity index (χ0) is 14.0. The number of carbonyl (C=O) groups is 1. The summed E-state index contributed by atoms with van der Waals surface area (Å²) in [7, 11) is -2.33. The molecule has 2 rings (SSSR count). The van der Waals surface area contributed by atoms with Crippen LogP contribution < -0.4 is 4.72 Å². The van der Waals surface area contributed by atoms with Crippen LogP contribution in [0.3, 0.4) is 0 Å². The van der Waals surface area contributed by atoms with Crippen molar-refractivity contribution in [1.29, 1.82) is 0 Å². The molecule has 0 aromatic heterocycles. The molecule has 1 aromatic carbocycles. The molecule has 0 aliphatic heterocycles. The summed E-state index contributed by atoms with van der Waals surface area (Å²) in [5.41, 5.74) is 0.226. The van der Waals surface area contributed by atoms with Crippen molar-refractivity contribution in [2.24, 2.45) is 5.92 Å². The fourth-order valence-corrected chi connectivity index (χ4v) is 3.27. The molecule has 0 spiro atoms. The quantitative estimate of drug-likeness (QED) is 0.832. The van der Waals surface area contributed by atoms with Crippen LogP contribution in [0.2, 0.25) is 0 Å². The lowest BCUT2D eigenvalue weighted by Crippen LogP contribution is -2.34. The van der Waals surface area contributed by atoms with Crippen LogP contribution in [0.1, 0.15) is 30.1 Å². The minimum absolute atomic E-state index is 0.0771. The zero-order valence-corrected chi connectivity index (χ0v) is 11.7. The molecule has 1 saturated carbocycles. The Kier molecular flexibility index (Phi) is 3.91. The molecule has 0 saturated heterocycles.